The third kappa shape index (κ3) is 3.32. The molecule has 1 rings (SSSR count). The molecule has 0 unspecified atom stereocenters. The van der Waals surface area contributed by atoms with E-state index in [0.717, 1.165) is 18.8 Å². The minimum Gasteiger partial charge on any atom is -0.393 e. The molecule has 0 aliphatic rings. The molecule has 0 aromatic heterocycles. The number of nitro benzene ring substituents is 1. The third-order valence-corrected chi connectivity index (χ3v) is 2.52. The molecule has 0 radical (unpaired) electrons. The van der Waals surface area contributed by atoms with E-state index in [-0.39, 0.29) is 11.4 Å². The van der Waals surface area contributed by atoms with Gasteiger partial charge >= 0.3 is 0 Å². The van der Waals surface area contributed by atoms with E-state index in [1.54, 1.807) is 19.2 Å². The van der Waals surface area contributed by atoms with Crippen LogP contribution in [-0.2, 0) is 4.74 Å². The van der Waals surface area contributed by atoms with Crippen molar-refractivity contribution in [3.05, 3.63) is 28.3 Å². The van der Waals surface area contributed by atoms with E-state index >= 15 is 0 Å². The second-order valence-electron chi connectivity index (χ2n) is 3.57. The highest BCUT2D eigenvalue weighted by Crippen LogP contribution is 2.26. The highest BCUT2D eigenvalue weighted by atomic mass is 16.6. The third-order valence-electron chi connectivity index (χ3n) is 2.52. The molecule has 0 heterocycles. The van der Waals surface area contributed by atoms with Gasteiger partial charge in [0.05, 0.1) is 11.5 Å². The van der Waals surface area contributed by atoms with Crippen LogP contribution in [-0.4, -0.2) is 31.7 Å². The number of methoxy groups -OCH3 is 1. The van der Waals surface area contributed by atoms with Crippen LogP contribution >= 0.6 is 0 Å². The first-order chi connectivity index (χ1) is 8.10. The van der Waals surface area contributed by atoms with Crippen molar-refractivity contribution in [1.82, 2.24) is 0 Å². The number of nitrogens with two attached hydrogens (primary N) is 1. The zero-order valence-electron chi connectivity index (χ0n) is 10.0. The number of hydrogen-bond donors (Lipinski definition) is 1. The van der Waals surface area contributed by atoms with Crippen molar-refractivity contribution in [1.29, 1.82) is 0 Å². The molecule has 6 heteroatoms. The summed E-state index contributed by atoms with van der Waals surface area (Å²) in [6.07, 6.45) is 0. The van der Waals surface area contributed by atoms with Crippen LogP contribution in [0.25, 0.3) is 0 Å². The van der Waals surface area contributed by atoms with Crippen molar-refractivity contribution >= 4 is 17.1 Å². The Morgan fingerprint density at radius 1 is 1.53 bits per heavy atom. The molecule has 0 saturated heterocycles. The maximum atomic E-state index is 10.6. The fraction of sp³-hybridized carbons (Fsp3) is 0.455. The minimum absolute atomic E-state index is 0.0588. The molecule has 0 fully saturated rings. The minimum atomic E-state index is -0.482. The Labute approximate surface area is 100 Å². The Bertz CT molecular complexity index is 396. The molecule has 0 aliphatic heterocycles. The number of ether oxygens (including phenoxy) is 1. The van der Waals surface area contributed by atoms with E-state index < -0.39 is 4.92 Å². The van der Waals surface area contributed by atoms with Crippen molar-refractivity contribution < 1.29 is 9.66 Å². The van der Waals surface area contributed by atoms with Crippen molar-refractivity contribution in [2.24, 2.45) is 0 Å². The molecule has 6 nitrogen and oxygen atoms in total. The van der Waals surface area contributed by atoms with Crippen molar-refractivity contribution in [3.8, 4) is 0 Å². The number of nitrogen functional groups attached to an aromatic ring is 1. The molecule has 0 aliphatic carbocycles. The summed E-state index contributed by atoms with van der Waals surface area (Å²) in [6, 6.07) is 4.76. The van der Waals surface area contributed by atoms with Crippen LogP contribution in [0.4, 0.5) is 17.1 Å². The number of benzene rings is 1. The number of rotatable bonds is 6. The molecule has 0 bridgehead atoms. The molecule has 0 amide bonds. The van der Waals surface area contributed by atoms with Crippen LogP contribution in [0.2, 0.25) is 0 Å². The zero-order valence-corrected chi connectivity index (χ0v) is 10.0. The molecule has 1 aromatic rings. The number of nitro groups is 1. The fourth-order valence-corrected chi connectivity index (χ4v) is 1.58. The number of nitrogens with zero attached hydrogens (tertiary/aromatic N) is 2. The highest BCUT2D eigenvalue weighted by molar-refractivity contribution is 5.66. The predicted octanol–water partition coefficient (Wildman–Crippen LogP) is 1.65. The van der Waals surface area contributed by atoms with Gasteiger partial charge in [-0.15, -0.1) is 0 Å². The van der Waals surface area contributed by atoms with Gasteiger partial charge in [0.15, 0.2) is 0 Å². The Morgan fingerprint density at radius 2 is 2.24 bits per heavy atom. The Morgan fingerprint density at radius 3 is 2.71 bits per heavy atom. The monoisotopic (exact) mass is 239 g/mol. The summed E-state index contributed by atoms with van der Waals surface area (Å²) in [5.74, 6) is 0. The summed E-state index contributed by atoms with van der Waals surface area (Å²) in [5.41, 5.74) is 6.64. The van der Waals surface area contributed by atoms with Gasteiger partial charge in [0.25, 0.3) is 5.69 Å². The summed E-state index contributed by atoms with van der Waals surface area (Å²) in [6.45, 7) is 4.13. The zero-order chi connectivity index (χ0) is 12.8. The molecule has 0 saturated carbocycles. The number of anilines is 2. The van der Waals surface area contributed by atoms with E-state index in [9.17, 15) is 10.1 Å². The van der Waals surface area contributed by atoms with E-state index in [1.165, 1.54) is 6.07 Å². The van der Waals surface area contributed by atoms with Crippen molar-refractivity contribution in [2.75, 3.05) is 37.4 Å². The molecular formula is C11H17N3O3. The predicted molar refractivity (Wildman–Crippen MR) is 67.3 cm³/mol. The summed E-state index contributed by atoms with van der Waals surface area (Å²) in [4.78, 5) is 12.2. The van der Waals surface area contributed by atoms with Crippen LogP contribution in [0.5, 0.6) is 0 Å². The van der Waals surface area contributed by atoms with Crippen LogP contribution in [0.3, 0.4) is 0 Å². The first-order valence-corrected chi connectivity index (χ1v) is 5.38. The second-order valence-corrected chi connectivity index (χ2v) is 3.57. The lowest BCUT2D eigenvalue weighted by atomic mass is 10.2. The number of likely N-dealkylation sites (N-methyl/N-ethyl adjacent to an activating group) is 1. The molecule has 1 aromatic carbocycles. The summed E-state index contributed by atoms with van der Waals surface area (Å²) in [5, 5.41) is 10.6. The van der Waals surface area contributed by atoms with Gasteiger partial charge < -0.3 is 15.4 Å². The quantitative estimate of drug-likeness (QED) is 0.463. The highest BCUT2D eigenvalue weighted by Gasteiger charge is 2.13. The van der Waals surface area contributed by atoms with Crippen LogP contribution in [0.15, 0.2) is 18.2 Å². The SMILES string of the molecule is CCN(CCOC)c1ccc([N+](=O)[O-])c(N)c1. The second kappa shape index (κ2) is 6.05. The van der Waals surface area contributed by atoms with Crippen molar-refractivity contribution in [3.63, 3.8) is 0 Å². The van der Waals surface area contributed by atoms with Gasteiger partial charge in [0.2, 0.25) is 0 Å². The van der Waals surface area contributed by atoms with Gasteiger partial charge in [-0.05, 0) is 19.1 Å². The lowest BCUT2D eigenvalue weighted by Crippen LogP contribution is -2.26. The Hall–Kier alpha value is -1.82. The van der Waals surface area contributed by atoms with Crippen molar-refractivity contribution in [2.45, 2.75) is 6.92 Å². The molecule has 17 heavy (non-hydrogen) atoms. The van der Waals surface area contributed by atoms with Crippen LogP contribution in [0, 0.1) is 10.1 Å². The average Bonchev–Trinajstić information content (AvgIpc) is 2.29. The van der Waals surface area contributed by atoms with E-state index in [4.69, 9.17) is 10.5 Å². The molecule has 2 N–H and O–H groups in total. The number of hydrogen-bond acceptors (Lipinski definition) is 5. The smallest absolute Gasteiger partial charge is 0.292 e. The van der Waals surface area contributed by atoms with E-state index in [0.29, 0.717) is 6.61 Å². The summed E-state index contributed by atoms with van der Waals surface area (Å²) < 4.78 is 5.01. The van der Waals surface area contributed by atoms with Gasteiger partial charge in [-0.3, -0.25) is 10.1 Å². The standard InChI is InChI=1S/C11H17N3O3/c1-3-13(6-7-17-2)9-4-5-11(14(15)16)10(12)8-9/h4-5,8H,3,6-7,12H2,1-2H3. The van der Waals surface area contributed by atoms with Gasteiger partial charge in [-0.1, -0.05) is 0 Å². The van der Waals surface area contributed by atoms with Gasteiger partial charge in [0, 0.05) is 32.0 Å². The van der Waals surface area contributed by atoms with E-state index in [1.807, 2.05) is 11.8 Å². The maximum absolute atomic E-state index is 10.6. The lowest BCUT2D eigenvalue weighted by molar-refractivity contribution is -0.383. The van der Waals surface area contributed by atoms with Gasteiger partial charge in [0.1, 0.15) is 5.69 Å². The van der Waals surface area contributed by atoms with Gasteiger partial charge in [-0.25, -0.2) is 0 Å². The Kier molecular flexibility index (Phi) is 4.71. The summed E-state index contributed by atoms with van der Waals surface area (Å²) in [7, 11) is 1.64. The van der Waals surface area contributed by atoms with Crippen LogP contribution < -0.4 is 10.6 Å². The molecular weight excluding hydrogens is 222 g/mol. The molecule has 0 atom stereocenters. The largest absolute Gasteiger partial charge is 0.393 e. The average molecular weight is 239 g/mol. The molecule has 0 spiro atoms. The van der Waals surface area contributed by atoms with E-state index in [2.05, 4.69) is 0 Å². The fourth-order valence-electron chi connectivity index (χ4n) is 1.58. The topological polar surface area (TPSA) is 81.6 Å². The Balaban J connectivity index is 2.90. The summed E-state index contributed by atoms with van der Waals surface area (Å²) >= 11 is 0. The molecule has 94 valence electrons. The first-order valence-electron chi connectivity index (χ1n) is 5.38. The van der Waals surface area contributed by atoms with Gasteiger partial charge in [-0.2, -0.15) is 0 Å². The lowest BCUT2D eigenvalue weighted by Gasteiger charge is -2.22. The first kappa shape index (κ1) is 13.2. The van der Waals surface area contributed by atoms with Crippen LogP contribution in [0.1, 0.15) is 6.92 Å². The maximum Gasteiger partial charge on any atom is 0.292 e. The normalized spacial score (nSPS) is 10.2.